The average Bonchev–Trinajstić information content (AvgIpc) is 3.24. The van der Waals surface area contributed by atoms with Crippen LogP contribution in [0, 0.1) is 0 Å². The smallest absolute Gasteiger partial charge is 0.0540 e. The zero-order valence-corrected chi connectivity index (χ0v) is 29.2. The number of fused-ring (bicyclic) bond motifs is 5. The van der Waals surface area contributed by atoms with E-state index in [4.69, 9.17) is 0 Å². The maximum absolute atomic E-state index is 2.41. The maximum Gasteiger partial charge on any atom is 0.0540 e. The highest BCUT2D eigenvalue weighted by Gasteiger charge is 2.17. The molecule has 0 saturated carbocycles. The van der Waals surface area contributed by atoms with E-state index in [0.717, 1.165) is 17.1 Å². The van der Waals surface area contributed by atoms with Crippen molar-refractivity contribution >= 4 is 60.2 Å². The summed E-state index contributed by atoms with van der Waals surface area (Å²) in [4.78, 5) is 2.41. The van der Waals surface area contributed by atoms with Crippen LogP contribution in [0.25, 0.3) is 76.5 Å². The molecular formula is C52H35N. The molecule has 10 rings (SSSR count). The molecule has 248 valence electrons. The standard InChI is InChI=1S/C52H35N/c1-4-22-45-36(13-1)16-11-27-46(45)41-20-9-18-39(33-41)40-19-10-21-44(34-40)53(52-28-12-17-37-14-2-6-24-48(37)52)43-31-29-38(30-32-43)51-35-42-15-3-5-23-47(42)49-25-7-8-26-50(49)51/h1-35H. The van der Waals surface area contributed by atoms with Crippen molar-refractivity contribution in [2.45, 2.75) is 0 Å². The lowest BCUT2D eigenvalue weighted by atomic mass is 9.93. The van der Waals surface area contributed by atoms with Gasteiger partial charge >= 0.3 is 0 Å². The molecule has 10 aromatic rings. The topological polar surface area (TPSA) is 3.24 Å². The van der Waals surface area contributed by atoms with Crippen molar-refractivity contribution < 1.29 is 0 Å². The van der Waals surface area contributed by atoms with Crippen LogP contribution in [0.5, 0.6) is 0 Å². The van der Waals surface area contributed by atoms with E-state index in [9.17, 15) is 0 Å². The normalized spacial score (nSPS) is 11.4. The van der Waals surface area contributed by atoms with Gasteiger partial charge in [0, 0.05) is 16.8 Å². The number of rotatable bonds is 6. The van der Waals surface area contributed by atoms with Gasteiger partial charge in [-0.05, 0) is 114 Å². The van der Waals surface area contributed by atoms with Crippen molar-refractivity contribution in [1.29, 1.82) is 0 Å². The number of hydrogen-bond acceptors (Lipinski definition) is 1. The molecule has 0 saturated heterocycles. The average molecular weight is 674 g/mol. The number of nitrogens with zero attached hydrogens (tertiary/aromatic N) is 1. The molecule has 0 aliphatic rings. The van der Waals surface area contributed by atoms with E-state index in [2.05, 4.69) is 217 Å². The predicted octanol–water partition coefficient (Wildman–Crippen LogP) is 14.8. The van der Waals surface area contributed by atoms with E-state index < -0.39 is 0 Å². The van der Waals surface area contributed by atoms with Crippen LogP contribution in [-0.2, 0) is 0 Å². The van der Waals surface area contributed by atoms with Crippen LogP contribution in [0.15, 0.2) is 212 Å². The van der Waals surface area contributed by atoms with Gasteiger partial charge in [-0.15, -0.1) is 0 Å². The first-order valence-electron chi connectivity index (χ1n) is 18.3. The lowest BCUT2D eigenvalue weighted by Gasteiger charge is -2.27. The Morgan fingerprint density at radius 1 is 0.245 bits per heavy atom. The minimum atomic E-state index is 1.11. The molecule has 0 spiro atoms. The molecule has 0 bridgehead atoms. The fraction of sp³-hybridized carbons (Fsp3) is 0. The van der Waals surface area contributed by atoms with E-state index in [-0.39, 0.29) is 0 Å². The van der Waals surface area contributed by atoms with Crippen LogP contribution in [0.4, 0.5) is 17.1 Å². The molecule has 10 aromatic carbocycles. The first kappa shape index (κ1) is 30.8. The van der Waals surface area contributed by atoms with Gasteiger partial charge in [0.15, 0.2) is 0 Å². The Hall–Kier alpha value is -6.96. The van der Waals surface area contributed by atoms with Crippen molar-refractivity contribution in [2.75, 3.05) is 4.90 Å². The van der Waals surface area contributed by atoms with Crippen molar-refractivity contribution in [3.05, 3.63) is 212 Å². The maximum atomic E-state index is 2.41. The highest BCUT2D eigenvalue weighted by Crippen LogP contribution is 2.42. The number of anilines is 3. The van der Waals surface area contributed by atoms with Crippen LogP contribution >= 0.6 is 0 Å². The predicted molar refractivity (Wildman–Crippen MR) is 227 cm³/mol. The molecule has 0 amide bonds. The molecule has 0 N–H and O–H groups in total. The first-order valence-corrected chi connectivity index (χ1v) is 18.3. The molecule has 0 radical (unpaired) electrons. The highest BCUT2D eigenvalue weighted by molar-refractivity contribution is 6.14. The molecule has 0 fully saturated rings. The quantitative estimate of drug-likeness (QED) is 0.159. The van der Waals surface area contributed by atoms with Gasteiger partial charge in [-0.2, -0.15) is 0 Å². The summed E-state index contributed by atoms with van der Waals surface area (Å²) < 4.78 is 0. The first-order chi connectivity index (χ1) is 26.3. The van der Waals surface area contributed by atoms with Gasteiger partial charge in [0.1, 0.15) is 0 Å². The van der Waals surface area contributed by atoms with Gasteiger partial charge in [-0.25, -0.2) is 0 Å². The summed E-state index contributed by atoms with van der Waals surface area (Å²) in [6.45, 7) is 0. The van der Waals surface area contributed by atoms with E-state index >= 15 is 0 Å². The Kier molecular flexibility index (Phi) is 7.55. The summed E-state index contributed by atoms with van der Waals surface area (Å²) in [6.07, 6.45) is 0. The van der Waals surface area contributed by atoms with Crippen molar-refractivity contribution in [3.63, 3.8) is 0 Å². The van der Waals surface area contributed by atoms with Gasteiger partial charge in [0.05, 0.1) is 5.69 Å². The van der Waals surface area contributed by atoms with E-state index in [1.165, 1.54) is 76.5 Å². The molecule has 53 heavy (non-hydrogen) atoms. The Morgan fingerprint density at radius 3 is 1.58 bits per heavy atom. The fourth-order valence-corrected chi connectivity index (χ4v) is 8.08. The summed E-state index contributed by atoms with van der Waals surface area (Å²) in [5.74, 6) is 0. The third kappa shape index (κ3) is 5.51. The van der Waals surface area contributed by atoms with Gasteiger partial charge in [-0.1, -0.05) is 170 Å². The fourth-order valence-electron chi connectivity index (χ4n) is 8.08. The molecule has 1 nitrogen and oxygen atoms in total. The summed E-state index contributed by atoms with van der Waals surface area (Å²) in [5.41, 5.74) is 10.6. The number of hydrogen-bond donors (Lipinski definition) is 0. The number of benzene rings is 10. The summed E-state index contributed by atoms with van der Waals surface area (Å²) in [6, 6.07) is 77.3. The summed E-state index contributed by atoms with van der Waals surface area (Å²) in [5, 5.41) is 10.0. The zero-order chi connectivity index (χ0) is 35.1. The van der Waals surface area contributed by atoms with Crippen molar-refractivity contribution in [1.82, 2.24) is 0 Å². The van der Waals surface area contributed by atoms with E-state index in [1.54, 1.807) is 0 Å². The second-order valence-corrected chi connectivity index (χ2v) is 13.7. The Bertz CT molecular complexity index is 2940. The highest BCUT2D eigenvalue weighted by atomic mass is 15.1. The SMILES string of the molecule is c1cc(-c2cccc(N(c3ccc(-c4cc5ccccc5c5ccccc45)cc3)c3cccc4ccccc34)c2)cc(-c2cccc3ccccc23)c1. The second-order valence-electron chi connectivity index (χ2n) is 13.7. The Labute approximate surface area is 309 Å². The van der Waals surface area contributed by atoms with Gasteiger partial charge in [0.25, 0.3) is 0 Å². The Balaban J connectivity index is 1.10. The zero-order valence-electron chi connectivity index (χ0n) is 29.2. The molecule has 0 heterocycles. The minimum Gasteiger partial charge on any atom is -0.310 e. The minimum absolute atomic E-state index is 1.11. The monoisotopic (exact) mass is 673 g/mol. The van der Waals surface area contributed by atoms with Crippen LogP contribution in [0.3, 0.4) is 0 Å². The molecule has 0 aromatic heterocycles. The summed E-state index contributed by atoms with van der Waals surface area (Å²) in [7, 11) is 0. The van der Waals surface area contributed by atoms with Crippen LogP contribution < -0.4 is 4.90 Å². The van der Waals surface area contributed by atoms with Crippen molar-refractivity contribution in [3.8, 4) is 33.4 Å². The molecule has 0 aliphatic carbocycles. The van der Waals surface area contributed by atoms with Gasteiger partial charge in [-0.3, -0.25) is 0 Å². The molecule has 1 heteroatoms. The van der Waals surface area contributed by atoms with E-state index in [0.29, 0.717) is 0 Å². The van der Waals surface area contributed by atoms with Crippen molar-refractivity contribution in [2.24, 2.45) is 0 Å². The van der Waals surface area contributed by atoms with Crippen LogP contribution in [0.1, 0.15) is 0 Å². The second kappa shape index (κ2) is 13.0. The third-order valence-electron chi connectivity index (χ3n) is 10.6. The van der Waals surface area contributed by atoms with Gasteiger partial charge < -0.3 is 4.90 Å². The molecule has 0 aliphatic heterocycles. The molecule has 0 unspecified atom stereocenters. The molecular weight excluding hydrogens is 639 g/mol. The van der Waals surface area contributed by atoms with Gasteiger partial charge in [0.2, 0.25) is 0 Å². The Morgan fingerprint density at radius 2 is 0.792 bits per heavy atom. The lowest BCUT2D eigenvalue weighted by Crippen LogP contribution is -2.10. The largest absolute Gasteiger partial charge is 0.310 e. The third-order valence-corrected chi connectivity index (χ3v) is 10.6. The van der Waals surface area contributed by atoms with Crippen LogP contribution in [-0.4, -0.2) is 0 Å². The van der Waals surface area contributed by atoms with Crippen LogP contribution in [0.2, 0.25) is 0 Å². The summed E-state index contributed by atoms with van der Waals surface area (Å²) >= 11 is 0. The lowest BCUT2D eigenvalue weighted by molar-refractivity contribution is 1.30. The van der Waals surface area contributed by atoms with E-state index in [1.807, 2.05) is 0 Å². The molecule has 0 atom stereocenters.